The van der Waals surface area contributed by atoms with Crippen molar-refractivity contribution in [2.45, 2.75) is 39.0 Å². The average Bonchev–Trinajstić information content (AvgIpc) is 2.17. The molecule has 0 spiro atoms. The van der Waals surface area contributed by atoms with Crippen LogP contribution in [0, 0.1) is 11.8 Å². The van der Waals surface area contributed by atoms with Crippen LogP contribution in [0.5, 0.6) is 0 Å². The molecule has 0 saturated heterocycles. The molecule has 0 N–H and O–H groups in total. The molecular weight excluding hydrogens is 136 g/mol. The van der Waals surface area contributed by atoms with Crippen LogP contribution in [0.4, 0.5) is 0 Å². The first-order valence-electron chi connectivity index (χ1n) is 4.82. The fourth-order valence-corrected chi connectivity index (χ4v) is 1.97. The van der Waals surface area contributed by atoms with Gasteiger partial charge in [0.15, 0.2) is 0 Å². The van der Waals surface area contributed by atoms with Crippen molar-refractivity contribution < 1.29 is 4.74 Å². The van der Waals surface area contributed by atoms with Crippen molar-refractivity contribution in [3.05, 3.63) is 0 Å². The van der Waals surface area contributed by atoms with Crippen molar-refractivity contribution in [3.63, 3.8) is 0 Å². The van der Waals surface area contributed by atoms with E-state index < -0.39 is 0 Å². The van der Waals surface area contributed by atoms with Gasteiger partial charge in [0.25, 0.3) is 0 Å². The molecule has 1 saturated carbocycles. The van der Waals surface area contributed by atoms with E-state index in [1.165, 1.54) is 32.1 Å². The zero-order chi connectivity index (χ0) is 8.10. The first-order valence-corrected chi connectivity index (χ1v) is 4.82. The lowest BCUT2D eigenvalue weighted by molar-refractivity contribution is 0.144. The highest BCUT2D eigenvalue weighted by atomic mass is 16.5. The molecule has 1 aliphatic rings. The van der Waals surface area contributed by atoms with Crippen molar-refractivity contribution in [2.24, 2.45) is 11.8 Å². The molecular formula is C10H20O. The molecule has 2 atom stereocenters. The lowest BCUT2D eigenvalue weighted by Gasteiger charge is -2.11. The van der Waals surface area contributed by atoms with E-state index in [4.69, 9.17) is 4.74 Å². The molecule has 1 rings (SSSR count). The van der Waals surface area contributed by atoms with E-state index in [0.717, 1.165) is 18.4 Å². The molecule has 66 valence electrons. The van der Waals surface area contributed by atoms with Crippen LogP contribution in [0.2, 0.25) is 0 Å². The Morgan fingerprint density at radius 1 is 1.18 bits per heavy atom. The summed E-state index contributed by atoms with van der Waals surface area (Å²) in [7, 11) is 1.81. The first kappa shape index (κ1) is 9.05. The second-order valence-corrected chi connectivity index (χ2v) is 3.93. The van der Waals surface area contributed by atoms with Crippen LogP contribution in [-0.2, 0) is 4.74 Å². The van der Waals surface area contributed by atoms with Gasteiger partial charge in [0, 0.05) is 13.7 Å². The van der Waals surface area contributed by atoms with E-state index in [0.29, 0.717) is 0 Å². The molecule has 0 aromatic carbocycles. The zero-order valence-corrected chi connectivity index (χ0v) is 7.81. The molecule has 0 bridgehead atoms. The minimum Gasteiger partial charge on any atom is -0.384 e. The number of ether oxygens (including phenoxy) is 1. The van der Waals surface area contributed by atoms with Gasteiger partial charge in [-0.3, -0.25) is 0 Å². The van der Waals surface area contributed by atoms with Gasteiger partial charge in [-0.1, -0.05) is 26.2 Å². The van der Waals surface area contributed by atoms with Gasteiger partial charge >= 0.3 is 0 Å². The normalized spacial score (nSPS) is 33.3. The quantitative estimate of drug-likeness (QED) is 0.559. The van der Waals surface area contributed by atoms with Crippen molar-refractivity contribution in [3.8, 4) is 0 Å². The highest BCUT2D eigenvalue weighted by Gasteiger charge is 2.15. The summed E-state index contributed by atoms with van der Waals surface area (Å²) in [5, 5.41) is 0. The second kappa shape index (κ2) is 4.76. The molecule has 0 radical (unpaired) electrons. The summed E-state index contributed by atoms with van der Waals surface area (Å²) in [4.78, 5) is 0. The molecule has 11 heavy (non-hydrogen) atoms. The van der Waals surface area contributed by atoms with E-state index >= 15 is 0 Å². The molecule has 0 amide bonds. The number of methoxy groups -OCH3 is 1. The number of hydrogen-bond acceptors (Lipinski definition) is 1. The lowest BCUT2D eigenvalue weighted by atomic mass is 10.0. The molecule has 1 fully saturated rings. The summed E-state index contributed by atoms with van der Waals surface area (Å²) in [6.45, 7) is 3.35. The van der Waals surface area contributed by atoms with E-state index in [1.807, 2.05) is 7.11 Å². The standard InChI is InChI=1S/C10H20O/c1-9-4-3-5-10(7-6-9)8-11-2/h9-10H,3-8H2,1-2H3. The van der Waals surface area contributed by atoms with Crippen LogP contribution in [0.1, 0.15) is 39.0 Å². The van der Waals surface area contributed by atoms with E-state index in [1.54, 1.807) is 0 Å². The Hall–Kier alpha value is -0.0400. The maximum atomic E-state index is 5.17. The maximum absolute atomic E-state index is 5.17. The highest BCUT2D eigenvalue weighted by molar-refractivity contribution is 4.67. The predicted octanol–water partition coefficient (Wildman–Crippen LogP) is 2.85. The highest BCUT2D eigenvalue weighted by Crippen LogP contribution is 2.26. The summed E-state index contributed by atoms with van der Waals surface area (Å²) in [6, 6.07) is 0. The molecule has 1 nitrogen and oxygen atoms in total. The molecule has 0 aromatic heterocycles. The summed E-state index contributed by atoms with van der Waals surface area (Å²) in [5.41, 5.74) is 0. The van der Waals surface area contributed by atoms with Gasteiger partial charge in [-0.15, -0.1) is 0 Å². The Balaban J connectivity index is 2.22. The van der Waals surface area contributed by atoms with Gasteiger partial charge in [-0.25, -0.2) is 0 Å². The monoisotopic (exact) mass is 156 g/mol. The Morgan fingerprint density at radius 3 is 2.73 bits per heavy atom. The zero-order valence-electron chi connectivity index (χ0n) is 7.81. The Morgan fingerprint density at radius 2 is 2.00 bits per heavy atom. The fraction of sp³-hybridized carbons (Fsp3) is 1.00. The van der Waals surface area contributed by atoms with E-state index in [-0.39, 0.29) is 0 Å². The van der Waals surface area contributed by atoms with Crippen LogP contribution in [0.15, 0.2) is 0 Å². The van der Waals surface area contributed by atoms with E-state index in [2.05, 4.69) is 6.92 Å². The topological polar surface area (TPSA) is 9.23 Å². The number of hydrogen-bond donors (Lipinski definition) is 0. The Labute approximate surface area is 70.1 Å². The third kappa shape index (κ3) is 3.24. The minimum atomic E-state index is 0.852. The van der Waals surface area contributed by atoms with Crippen molar-refractivity contribution in [1.29, 1.82) is 0 Å². The van der Waals surface area contributed by atoms with Crippen molar-refractivity contribution in [1.82, 2.24) is 0 Å². The Bertz CT molecular complexity index is 101. The second-order valence-electron chi connectivity index (χ2n) is 3.93. The molecule has 0 heterocycles. The fourth-order valence-electron chi connectivity index (χ4n) is 1.97. The SMILES string of the molecule is COCC1CCCC(C)CC1. The molecule has 0 aliphatic heterocycles. The summed E-state index contributed by atoms with van der Waals surface area (Å²) < 4.78 is 5.17. The summed E-state index contributed by atoms with van der Waals surface area (Å²) >= 11 is 0. The van der Waals surface area contributed by atoms with Gasteiger partial charge < -0.3 is 4.74 Å². The van der Waals surface area contributed by atoms with Gasteiger partial charge in [-0.2, -0.15) is 0 Å². The first-order chi connectivity index (χ1) is 5.33. The van der Waals surface area contributed by atoms with Crippen LogP contribution in [-0.4, -0.2) is 13.7 Å². The average molecular weight is 156 g/mol. The third-order valence-electron chi connectivity index (χ3n) is 2.78. The van der Waals surface area contributed by atoms with Crippen molar-refractivity contribution in [2.75, 3.05) is 13.7 Å². The molecule has 1 aliphatic carbocycles. The summed E-state index contributed by atoms with van der Waals surface area (Å²) in [6.07, 6.45) is 7.02. The molecule has 0 aromatic rings. The third-order valence-corrected chi connectivity index (χ3v) is 2.78. The van der Waals surface area contributed by atoms with E-state index in [9.17, 15) is 0 Å². The van der Waals surface area contributed by atoms with Crippen LogP contribution in [0.3, 0.4) is 0 Å². The van der Waals surface area contributed by atoms with Crippen LogP contribution in [0.25, 0.3) is 0 Å². The smallest absolute Gasteiger partial charge is 0.0490 e. The Kier molecular flexibility index (Phi) is 3.92. The van der Waals surface area contributed by atoms with Crippen LogP contribution < -0.4 is 0 Å². The maximum Gasteiger partial charge on any atom is 0.0490 e. The predicted molar refractivity (Wildman–Crippen MR) is 47.6 cm³/mol. The van der Waals surface area contributed by atoms with Gasteiger partial charge in [-0.05, 0) is 24.7 Å². The van der Waals surface area contributed by atoms with Gasteiger partial charge in [0.2, 0.25) is 0 Å². The summed E-state index contributed by atoms with van der Waals surface area (Å²) in [5.74, 6) is 1.81. The van der Waals surface area contributed by atoms with Gasteiger partial charge in [0.1, 0.15) is 0 Å². The van der Waals surface area contributed by atoms with Crippen molar-refractivity contribution >= 4 is 0 Å². The molecule has 2 unspecified atom stereocenters. The minimum absolute atomic E-state index is 0.852. The van der Waals surface area contributed by atoms with Gasteiger partial charge in [0.05, 0.1) is 0 Å². The largest absolute Gasteiger partial charge is 0.384 e. The number of rotatable bonds is 2. The molecule has 1 heteroatoms. The lowest BCUT2D eigenvalue weighted by Crippen LogP contribution is -2.06. The van der Waals surface area contributed by atoms with Crippen LogP contribution >= 0.6 is 0 Å².